The van der Waals surface area contributed by atoms with Crippen LogP contribution in [-0.4, -0.2) is 44.9 Å². The molecule has 6 aromatic rings. The van der Waals surface area contributed by atoms with Crippen molar-refractivity contribution < 1.29 is 4.39 Å². The zero-order valence-electron chi connectivity index (χ0n) is 20.4. The van der Waals surface area contributed by atoms with E-state index in [0.717, 1.165) is 40.0 Å². The van der Waals surface area contributed by atoms with Crippen molar-refractivity contribution in [3.05, 3.63) is 93.4 Å². The topological polar surface area (TPSA) is 123 Å². The molecule has 39 heavy (non-hydrogen) atoms. The van der Waals surface area contributed by atoms with E-state index in [1.165, 1.54) is 6.33 Å². The lowest BCUT2D eigenvalue weighted by Gasteiger charge is -2.18. The average molecular weight is 540 g/mol. The van der Waals surface area contributed by atoms with Gasteiger partial charge in [-0.05, 0) is 65.6 Å². The highest BCUT2D eigenvalue weighted by Gasteiger charge is 2.54. The highest BCUT2D eigenvalue weighted by Crippen LogP contribution is 2.60. The van der Waals surface area contributed by atoms with Gasteiger partial charge < -0.3 is 9.55 Å². The van der Waals surface area contributed by atoms with Crippen molar-refractivity contribution in [3.63, 3.8) is 0 Å². The number of nitrogens with zero attached hydrogens (tertiary/aromatic N) is 7. The van der Waals surface area contributed by atoms with Gasteiger partial charge in [0, 0.05) is 44.9 Å². The molecule has 3 atom stereocenters. The standard InChI is InChI=1S/C27H19ClFN9O/c1-12-15-3-4-16(24(29)25(15)34-33-12)20-10-30-27(32-20)26-19-9-18(19)22-6-13(7-23(39)38(22)26)17-8-14(28)2-5-21(17)37-11-31-35-36-37/h2-8,10-11,18-19,26H,9H2,1H3,(H,30,32)(H,33,34). The molecule has 10 nitrogen and oxygen atoms in total. The number of aromatic amines is 2. The van der Waals surface area contributed by atoms with E-state index in [9.17, 15) is 4.79 Å². The number of imidazole rings is 1. The first kappa shape index (κ1) is 22.4. The van der Waals surface area contributed by atoms with Crippen LogP contribution in [0.15, 0.2) is 59.8 Å². The second kappa shape index (κ2) is 7.93. The third-order valence-corrected chi connectivity index (χ3v) is 8.12. The van der Waals surface area contributed by atoms with E-state index in [1.807, 2.05) is 35.8 Å². The van der Waals surface area contributed by atoms with E-state index < -0.39 is 5.82 Å². The van der Waals surface area contributed by atoms with Gasteiger partial charge in [0.25, 0.3) is 5.56 Å². The van der Waals surface area contributed by atoms with Crippen molar-refractivity contribution in [2.24, 2.45) is 5.92 Å². The predicted octanol–water partition coefficient (Wildman–Crippen LogP) is 4.56. The molecule has 8 rings (SSSR count). The van der Waals surface area contributed by atoms with Gasteiger partial charge in [-0.2, -0.15) is 9.78 Å². The zero-order chi connectivity index (χ0) is 26.4. The maximum Gasteiger partial charge on any atom is 0.252 e. The van der Waals surface area contributed by atoms with E-state index in [1.54, 1.807) is 29.1 Å². The van der Waals surface area contributed by atoms with Crippen LogP contribution in [-0.2, 0) is 0 Å². The Morgan fingerprint density at radius 3 is 2.87 bits per heavy atom. The maximum atomic E-state index is 15.3. The summed E-state index contributed by atoms with van der Waals surface area (Å²) in [5.74, 6) is 0.712. The first-order chi connectivity index (χ1) is 19.0. The maximum absolute atomic E-state index is 15.3. The summed E-state index contributed by atoms with van der Waals surface area (Å²) in [4.78, 5) is 21.5. The molecule has 2 N–H and O–H groups in total. The smallest absolute Gasteiger partial charge is 0.252 e. The molecule has 0 bridgehead atoms. The molecule has 1 aliphatic heterocycles. The molecule has 2 aliphatic rings. The third-order valence-electron chi connectivity index (χ3n) is 7.89. The van der Waals surface area contributed by atoms with Gasteiger partial charge in [-0.3, -0.25) is 9.89 Å². The van der Waals surface area contributed by atoms with Crippen LogP contribution in [0.3, 0.4) is 0 Å². The summed E-state index contributed by atoms with van der Waals surface area (Å²) in [7, 11) is 0. The number of aromatic nitrogens is 9. The Bertz CT molecular complexity index is 1990. The predicted molar refractivity (Wildman–Crippen MR) is 141 cm³/mol. The molecule has 4 aromatic heterocycles. The number of hydrogen-bond acceptors (Lipinski definition) is 6. The van der Waals surface area contributed by atoms with Crippen LogP contribution in [0.1, 0.15) is 35.6 Å². The summed E-state index contributed by atoms with van der Waals surface area (Å²) < 4.78 is 18.7. The highest BCUT2D eigenvalue weighted by atomic mass is 35.5. The van der Waals surface area contributed by atoms with Crippen LogP contribution in [0.2, 0.25) is 5.02 Å². The number of nitrogens with one attached hydrogen (secondary N) is 2. The normalized spacial score (nSPS) is 19.4. The van der Waals surface area contributed by atoms with Gasteiger partial charge in [0.1, 0.15) is 17.7 Å². The number of hydrogen-bond donors (Lipinski definition) is 2. The molecule has 1 saturated carbocycles. The first-order valence-electron chi connectivity index (χ1n) is 12.5. The summed E-state index contributed by atoms with van der Waals surface area (Å²) in [6.45, 7) is 1.86. The van der Waals surface area contributed by atoms with Crippen LogP contribution in [0, 0.1) is 18.7 Å². The van der Waals surface area contributed by atoms with Crippen LogP contribution >= 0.6 is 11.6 Å². The largest absolute Gasteiger partial charge is 0.340 e. The first-order valence-corrected chi connectivity index (χ1v) is 12.8. The number of rotatable bonds is 4. The SMILES string of the molecule is Cc1[nH]nc2c(F)c(-c3cnc(C4C5CC5c5cc(-c6cc(Cl)ccc6-n6cnnn6)cc(=O)n54)[nH]3)ccc12. The summed E-state index contributed by atoms with van der Waals surface area (Å²) in [6.07, 6.45) is 4.08. The van der Waals surface area contributed by atoms with E-state index >= 15 is 4.39 Å². The van der Waals surface area contributed by atoms with Crippen LogP contribution in [0.4, 0.5) is 4.39 Å². The fourth-order valence-corrected chi connectivity index (χ4v) is 6.15. The number of fused-ring (bicyclic) bond motifs is 4. The quantitative estimate of drug-likeness (QED) is 0.338. The number of halogens is 2. The monoisotopic (exact) mass is 539 g/mol. The summed E-state index contributed by atoms with van der Waals surface area (Å²) in [6, 6.07) is 12.4. The Balaban J connectivity index is 1.20. The molecular formula is C27H19ClFN9O. The molecule has 192 valence electrons. The lowest BCUT2D eigenvalue weighted by Crippen LogP contribution is -2.26. The van der Waals surface area contributed by atoms with Crippen LogP contribution in [0.5, 0.6) is 0 Å². The molecule has 5 heterocycles. The minimum Gasteiger partial charge on any atom is -0.340 e. The van der Waals surface area contributed by atoms with Crippen LogP contribution in [0.25, 0.3) is 39.0 Å². The van der Waals surface area contributed by atoms with Crippen LogP contribution < -0.4 is 5.56 Å². The van der Waals surface area contributed by atoms with Gasteiger partial charge in [-0.25, -0.2) is 9.37 Å². The molecule has 2 aromatic carbocycles. The molecule has 1 aliphatic carbocycles. The summed E-state index contributed by atoms with van der Waals surface area (Å²) >= 11 is 6.33. The van der Waals surface area contributed by atoms with E-state index in [-0.39, 0.29) is 23.4 Å². The highest BCUT2D eigenvalue weighted by molar-refractivity contribution is 6.31. The number of benzene rings is 2. The van der Waals surface area contributed by atoms with Crippen molar-refractivity contribution in [1.82, 2.24) is 44.9 Å². The third kappa shape index (κ3) is 3.26. The average Bonchev–Trinajstić information content (AvgIpc) is 3.37. The fourth-order valence-electron chi connectivity index (χ4n) is 5.98. The number of aryl methyl sites for hydroxylation is 1. The Kier molecular flexibility index (Phi) is 4.55. The Morgan fingerprint density at radius 1 is 1.13 bits per heavy atom. The molecule has 12 heteroatoms. The molecule has 0 radical (unpaired) electrons. The second-order valence-corrected chi connectivity index (χ2v) is 10.5. The summed E-state index contributed by atoms with van der Waals surface area (Å²) in [5, 5.41) is 19.7. The molecule has 3 unspecified atom stereocenters. The second-order valence-electron chi connectivity index (χ2n) is 10.1. The van der Waals surface area contributed by atoms with Gasteiger partial charge in [-0.1, -0.05) is 17.7 Å². The lowest BCUT2D eigenvalue weighted by atomic mass is 10.0. The number of pyridine rings is 1. The van der Waals surface area contributed by atoms with Crippen molar-refractivity contribution >= 4 is 22.5 Å². The number of H-pyrrole nitrogens is 2. The van der Waals surface area contributed by atoms with Gasteiger partial charge in [-0.15, -0.1) is 5.10 Å². The molecule has 0 amide bonds. The lowest BCUT2D eigenvalue weighted by molar-refractivity contribution is 0.514. The minimum absolute atomic E-state index is 0.139. The van der Waals surface area contributed by atoms with Crippen molar-refractivity contribution in [1.29, 1.82) is 0 Å². The molecule has 1 fully saturated rings. The fraction of sp³-hybridized carbons (Fsp3) is 0.185. The van der Waals surface area contributed by atoms with Gasteiger partial charge in [0.05, 0.1) is 23.6 Å². The van der Waals surface area contributed by atoms with Gasteiger partial charge >= 0.3 is 0 Å². The number of tetrazole rings is 1. The molecule has 0 saturated heterocycles. The van der Waals surface area contributed by atoms with E-state index in [0.29, 0.717) is 27.6 Å². The van der Waals surface area contributed by atoms with E-state index in [4.69, 9.17) is 11.6 Å². The minimum atomic E-state index is -0.412. The van der Waals surface area contributed by atoms with Crippen molar-refractivity contribution in [2.45, 2.75) is 25.3 Å². The van der Waals surface area contributed by atoms with Gasteiger partial charge in [0.2, 0.25) is 0 Å². The molecular weight excluding hydrogens is 521 g/mol. The molecule has 0 spiro atoms. The Labute approximate surface area is 224 Å². The van der Waals surface area contributed by atoms with E-state index in [2.05, 4.69) is 35.7 Å². The zero-order valence-corrected chi connectivity index (χ0v) is 21.2. The van der Waals surface area contributed by atoms with Crippen molar-refractivity contribution in [3.8, 4) is 28.1 Å². The Morgan fingerprint density at radius 2 is 2.03 bits per heavy atom. The summed E-state index contributed by atoms with van der Waals surface area (Å²) in [5.41, 5.74) is 5.07. The van der Waals surface area contributed by atoms with Crippen molar-refractivity contribution in [2.75, 3.05) is 0 Å². The Hall–Kier alpha value is -4.64. The van der Waals surface area contributed by atoms with Gasteiger partial charge in [0.15, 0.2) is 5.82 Å².